The molecule has 0 radical (unpaired) electrons. The van der Waals surface area contributed by atoms with Gasteiger partial charge in [-0.15, -0.1) is 0 Å². The molecule has 7 nitrogen and oxygen atoms in total. The third-order valence-electron chi connectivity index (χ3n) is 5.62. The number of amides is 2. The van der Waals surface area contributed by atoms with E-state index in [-0.39, 0.29) is 29.7 Å². The molecule has 2 aliphatic rings. The highest BCUT2D eigenvalue weighted by Crippen LogP contribution is 2.46. The standard InChI is InChI=1S/C20H24FN5O2/c1-24(2)20(27)26-11-14-10-25(18-19(28-3)23-8-7-22-18)12-16(14)17(26)13-5-4-6-15(21)9-13/h4-9,14,16-17H,10-12H2,1-3H3/t14-,16-,17+/m1/s1. The van der Waals surface area contributed by atoms with Gasteiger partial charge in [-0.1, -0.05) is 12.1 Å². The van der Waals surface area contributed by atoms with Gasteiger partial charge in [-0.2, -0.15) is 0 Å². The third kappa shape index (κ3) is 3.12. The Balaban J connectivity index is 1.66. The summed E-state index contributed by atoms with van der Waals surface area (Å²) in [5.74, 6) is 1.36. The van der Waals surface area contributed by atoms with Gasteiger partial charge < -0.3 is 19.4 Å². The number of fused-ring (bicyclic) bond motifs is 1. The van der Waals surface area contributed by atoms with E-state index in [0.29, 0.717) is 24.8 Å². The number of hydrogen-bond donors (Lipinski definition) is 0. The van der Waals surface area contributed by atoms with Gasteiger partial charge in [0.1, 0.15) is 5.82 Å². The highest BCUT2D eigenvalue weighted by Gasteiger charge is 2.50. The number of likely N-dealkylation sites (tertiary alicyclic amines) is 1. The maximum Gasteiger partial charge on any atom is 0.320 e. The molecule has 2 amide bonds. The van der Waals surface area contributed by atoms with Crippen molar-refractivity contribution in [2.45, 2.75) is 6.04 Å². The first kappa shape index (κ1) is 18.5. The molecule has 0 aliphatic carbocycles. The maximum atomic E-state index is 13.9. The molecular formula is C20H24FN5O2. The Hall–Kier alpha value is -2.90. The molecule has 0 unspecified atom stereocenters. The van der Waals surface area contributed by atoms with E-state index in [0.717, 1.165) is 12.1 Å². The van der Waals surface area contributed by atoms with E-state index >= 15 is 0 Å². The van der Waals surface area contributed by atoms with Crippen molar-refractivity contribution in [1.29, 1.82) is 0 Å². The van der Waals surface area contributed by atoms with Gasteiger partial charge in [-0.3, -0.25) is 0 Å². The van der Waals surface area contributed by atoms with Gasteiger partial charge in [-0.05, 0) is 17.7 Å². The topological polar surface area (TPSA) is 61.8 Å². The van der Waals surface area contributed by atoms with Gasteiger partial charge in [0, 0.05) is 58.0 Å². The predicted molar refractivity (Wildman–Crippen MR) is 103 cm³/mol. The largest absolute Gasteiger partial charge is 0.478 e. The number of benzene rings is 1. The summed E-state index contributed by atoms with van der Waals surface area (Å²) in [4.78, 5) is 27.1. The van der Waals surface area contributed by atoms with Crippen molar-refractivity contribution < 1.29 is 13.9 Å². The maximum absolute atomic E-state index is 13.9. The van der Waals surface area contributed by atoms with Crippen LogP contribution in [0.25, 0.3) is 0 Å². The average molecular weight is 385 g/mol. The number of rotatable bonds is 3. The van der Waals surface area contributed by atoms with Crippen LogP contribution in [-0.2, 0) is 0 Å². The second kappa shape index (κ2) is 7.26. The van der Waals surface area contributed by atoms with Crippen LogP contribution in [0.15, 0.2) is 36.7 Å². The minimum atomic E-state index is -0.288. The van der Waals surface area contributed by atoms with Gasteiger partial charge in [0.2, 0.25) is 0 Å². The van der Waals surface area contributed by atoms with Crippen LogP contribution in [0.2, 0.25) is 0 Å². The van der Waals surface area contributed by atoms with E-state index in [9.17, 15) is 9.18 Å². The molecule has 1 aromatic carbocycles. The van der Waals surface area contributed by atoms with Gasteiger partial charge >= 0.3 is 6.03 Å². The lowest BCUT2D eigenvalue weighted by Gasteiger charge is -2.32. The summed E-state index contributed by atoms with van der Waals surface area (Å²) >= 11 is 0. The smallest absolute Gasteiger partial charge is 0.320 e. The molecule has 0 spiro atoms. The molecule has 4 rings (SSSR count). The Labute approximate surface area is 163 Å². The Kier molecular flexibility index (Phi) is 4.78. The van der Waals surface area contributed by atoms with Gasteiger partial charge in [0.05, 0.1) is 13.2 Å². The molecule has 1 aromatic heterocycles. The summed E-state index contributed by atoms with van der Waals surface area (Å²) in [6.07, 6.45) is 3.25. The third-order valence-corrected chi connectivity index (χ3v) is 5.62. The van der Waals surface area contributed by atoms with E-state index < -0.39 is 0 Å². The van der Waals surface area contributed by atoms with Crippen LogP contribution in [0, 0.1) is 17.7 Å². The van der Waals surface area contributed by atoms with Gasteiger partial charge in [0.25, 0.3) is 5.88 Å². The van der Waals surface area contributed by atoms with Crippen LogP contribution in [0.3, 0.4) is 0 Å². The normalized spacial score (nSPS) is 23.6. The zero-order valence-electron chi connectivity index (χ0n) is 16.2. The summed E-state index contributed by atoms with van der Waals surface area (Å²) < 4.78 is 19.3. The quantitative estimate of drug-likeness (QED) is 0.812. The predicted octanol–water partition coefficient (Wildman–Crippen LogP) is 2.42. The Morgan fingerprint density at radius 1 is 1.21 bits per heavy atom. The van der Waals surface area contributed by atoms with Gasteiger partial charge in [-0.25, -0.2) is 19.2 Å². The molecule has 0 N–H and O–H groups in total. The zero-order chi connectivity index (χ0) is 19.8. The van der Waals surface area contributed by atoms with Crippen LogP contribution in [0.4, 0.5) is 15.0 Å². The summed E-state index contributed by atoms with van der Waals surface area (Å²) in [5.41, 5.74) is 0.829. The van der Waals surface area contributed by atoms with Crippen molar-refractivity contribution in [3.05, 3.63) is 48.0 Å². The lowest BCUT2D eigenvalue weighted by atomic mass is 9.89. The number of urea groups is 1. The van der Waals surface area contributed by atoms with Gasteiger partial charge in [0.15, 0.2) is 5.82 Å². The van der Waals surface area contributed by atoms with Crippen molar-refractivity contribution in [2.75, 3.05) is 45.7 Å². The van der Waals surface area contributed by atoms with Crippen molar-refractivity contribution in [2.24, 2.45) is 11.8 Å². The van der Waals surface area contributed by atoms with Crippen molar-refractivity contribution in [3.63, 3.8) is 0 Å². The zero-order valence-corrected chi connectivity index (χ0v) is 16.2. The van der Waals surface area contributed by atoms with E-state index in [1.54, 1.807) is 44.6 Å². The van der Waals surface area contributed by atoms with Crippen LogP contribution in [0.5, 0.6) is 5.88 Å². The monoisotopic (exact) mass is 385 g/mol. The minimum absolute atomic E-state index is 0.0488. The van der Waals surface area contributed by atoms with Crippen LogP contribution >= 0.6 is 0 Å². The number of aromatic nitrogens is 2. The fourth-order valence-corrected chi connectivity index (χ4v) is 4.47. The Morgan fingerprint density at radius 2 is 2.00 bits per heavy atom. The summed E-state index contributed by atoms with van der Waals surface area (Å²) in [5, 5.41) is 0. The molecule has 2 saturated heterocycles. The molecule has 2 aromatic rings. The fraction of sp³-hybridized carbons (Fsp3) is 0.450. The second-order valence-electron chi connectivity index (χ2n) is 7.55. The second-order valence-corrected chi connectivity index (χ2v) is 7.55. The number of carbonyl (C=O) groups excluding carboxylic acids is 1. The van der Waals surface area contributed by atoms with Crippen molar-refractivity contribution >= 4 is 11.8 Å². The number of halogens is 1. The molecule has 0 saturated carbocycles. The lowest BCUT2D eigenvalue weighted by Crippen LogP contribution is -2.41. The van der Waals surface area contributed by atoms with Crippen LogP contribution in [0.1, 0.15) is 11.6 Å². The fourth-order valence-electron chi connectivity index (χ4n) is 4.47. The minimum Gasteiger partial charge on any atom is -0.478 e. The first-order valence-corrected chi connectivity index (χ1v) is 9.33. The first-order chi connectivity index (χ1) is 13.5. The molecular weight excluding hydrogens is 361 g/mol. The summed E-state index contributed by atoms with van der Waals surface area (Å²) in [6.45, 7) is 2.09. The number of anilines is 1. The highest BCUT2D eigenvalue weighted by molar-refractivity contribution is 5.75. The molecule has 148 valence electrons. The molecule has 0 bridgehead atoms. The highest BCUT2D eigenvalue weighted by atomic mass is 19.1. The summed E-state index contributed by atoms with van der Waals surface area (Å²) in [7, 11) is 5.07. The van der Waals surface area contributed by atoms with Crippen molar-refractivity contribution in [1.82, 2.24) is 19.8 Å². The summed E-state index contributed by atoms with van der Waals surface area (Å²) in [6, 6.07) is 6.34. The Morgan fingerprint density at radius 3 is 2.71 bits per heavy atom. The first-order valence-electron chi connectivity index (χ1n) is 9.33. The molecule has 28 heavy (non-hydrogen) atoms. The Bertz CT molecular complexity index is 877. The van der Waals surface area contributed by atoms with Crippen LogP contribution < -0.4 is 9.64 Å². The number of methoxy groups -OCH3 is 1. The van der Waals surface area contributed by atoms with E-state index in [1.165, 1.54) is 12.1 Å². The molecule has 3 heterocycles. The number of hydrogen-bond acceptors (Lipinski definition) is 5. The van der Waals surface area contributed by atoms with E-state index in [4.69, 9.17) is 4.74 Å². The molecule has 2 aliphatic heterocycles. The average Bonchev–Trinajstić information content (AvgIpc) is 3.25. The number of nitrogens with zero attached hydrogens (tertiary/aromatic N) is 5. The van der Waals surface area contributed by atoms with E-state index in [1.807, 2.05) is 11.0 Å². The number of carbonyl (C=O) groups is 1. The van der Waals surface area contributed by atoms with E-state index in [2.05, 4.69) is 14.9 Å². The van der Waals surface area contributed by atoms with Crippen molar-refractivity contribution in [3.8, 4) is 5.88 Å². The van der Waals surface area contributed by atoms with Crippen LogP contribution in [-0.4, -0.2) is 66.6 Å². The molecule has 2 fully saturated rings. The lowest BCUT2D eigenvalue weighted by molar-refractivity contribution is 0.159. The SMILES string of the molecule is COc1nccnc1N1C[C@@H]2CN(C(=O)N(C)C)[C@@H](c3cccc(F)c3)[C@@H]2C1. The number of ether oxygens (including phenoxy) is 1. The molecule has 8 heteroatoms. The molecule has 3 atom stereocenters.